The molecule has 1 aliphatic carbocycles. The van der Waals surface area contributed by atoms with Crippen molar-refractivity contribution in [2.24, 2.45) is 5.92 Å². The molecule has 58 valence electrons. The first-order valence-corrected chi connectivity index (χ1v) is 3.80. The van der Waals surface area contributed by atoms with E-state index in [2.05, 4.69) is 6.08 Å². The highest BCUT2D eigenvalue weighted by atomic mass is 16.3. The SMILES string of the molecule is OCC[C@@H]1C=CCC[C@@H]1O. The fourth-order valence-electron chi connectivity index (χ4n) is 1.32. The van der Waals surface area contributed by atoms with E-state index in [0.29, 0.717) is 6.42 Å². The van der Waals surface area contributed by atoms with Crippen LogP contribution < -0.4 is 0 Å². The molecule has 0 amide bonds. The van der Waals surface area contributed by atoms with Gasteiger partial charge in [-0.3, -0.25) is 0 Å². The molecule has 1 aliphatic rings. The van der Waals surface area contributed by atoms with Crippen molar-refractivity contribution in [2.45, 2.75) is 25.4 Å². The van der Waals surface area contributed by atoms with Crippen LogP contribution in [0.1, 0.15) is 19.3 Å². The van der Waals surface area contributed by atoms with Crippen LogP contribution in [0.25, 0.3) is 0 Å². The summed E-state index contributed by atoms with van der Waals surface area (Å²) in [4.78, 5) is 0. The maximum Gasteiger partial charge on any atom is 0.0606 e. The summed E-state index contributed by atoms with van der Waals surface area (Å²) in [5, 5.41) is 17.9. The molecule has 0 radical (unpaired) electrons. The van der Waals surface area contributed by atoms with Crippen molar-refractivity contribution >= 4 is 0 Å². The van der Waals surface area contributed by atoms with E-state index in [1.807, 2.05) is 6.08 Å². The first-order chi connectivity index (χ1) is 4.84. The Labute approximate surface area is 61.2 Å². The van der Waals surface area contributed by atoms with Crippen molar-refractivity contribution in [1.29, 1.82) is 0 Å². The largest absolute Gasteiger partial charge is 0.396 e. The van der Waals surface area contributed by atoms with Gasteiger partial charge in [-0.1, -0.05) is 12.2 Å². The Morgan fingerprint density at radius 1 is 1.50 bits per heavy atom. The third-order valence-corrected chi connectivity index (χ3v) is 1.97. The smallest absolute Gasteiger partial charge is 0.0606 e. The minimum atomic E-state index is -0.225. The molecular formula is C8H14O2. The second-order valence-electron chi connectivity index (χ2n) is 2.75. The molecular weight excluding hydrogens is 128 g/mol. The quantitative estimate of drug-likeness (QED) is 0.557. The van der Waals surface area contributed by atoms with Crippen molar-refractivity contribution in [3.63, 3.8) is 0 Å². The summed E-state index contributed by atoms with van der Waals surface area (Å²) in [5.74, 6) is 0.193. The van der Waals surface area contributed by atoms with Gasteiger partial charge in [0.25, 0.3) is 0 Å². The van der Waals surface area contributed by atoms with E-state index in [1.54, 1.807) is 0 Å². The van der Waals surface area contributed by atoms with Gasteiger partial charge in [-0.25, -0.2) is 0 Å². The second-order valence-corrected chi connectivity index (χ2v) is 2.75. The van der Waals surface area contributed by atoms with Crippen LogP contribution in [0, 0.1) is 5.92 Å². The molecule has 0 aromatic carbocycles. The number of rotatable bonds is 2. The van der Waals surface area contributed by atoms with Crippen molar-refractivity contribution < 1.29 is 10.2 Å². The predicted octanol–water partition coefficient (Wildman–Crippen LogP) is 0.696. The highest BCUT2D eigenvalue weighted by Crippen LogP contribution is 2.20. The fourth-order valence-corrected chi connectivity index (χ4v) is 1.32. The Hall–Kier alpha value is -0.340. The lowest BCUT2D eigenvalue weighted by Crippen LogP contribution is -2.21. The molecule has 0 spiro atoms. The minimum Gasteiger partial charge on any atom is -0.396 e. The van der Waals surface area contributed by atoms with Crippen LogP contribution in [0.5, 0.6) is 0 Å². The van der Waals surface area contributed by atoms with Crippen LogP contribution in [-0.2, 0) is 0 Å². The molecule has 0 fully saturated rings. The van der Waals surface area contributed by atoms with E-state index in [0.717, 1.165) is 12.8 Å². The summed E-state index contributed by atoms with van der Waals surface area (Å²) in [6, 6.07) is 0. The van der Waals surface area contributed by atoms with Crippen molar-refractivity contribution in [1.82, 2.24) is 0 Å². The van der Waals surface area contributed by atoms with Crippen molar-refractivity contribution in [2.75, 3.05) is 6.61 Å². The van der Waals surface area contributed by atoms with E-state index in [9.17, 15) is 5.11 Å². The standard InChI is InChI=1S/C8H14O2/c9-6-5-7-3-1-2-4-8(7)10/h1,3,7-10H,2,4-6H2/t7-,8-/m0/s1. The Morgan fingerprint density at radius 3 is 2.90 bits per heavy atom. The Bertz CT molecular complexity index is 120. The number of aliphatic hydroxyl groups is 2. The van der Waals surface area contributed by atoms with Gasteiger partial charge in [0, 0.05) is 12.5 Å². The van der Waals surface area contributed by atoms with Gasteiger partial charge in [-0.2, -0.15) is 0 Å². The van der Waals surface area contributed by atoms with E-state index in [1.165, 1.54) is 0 Å². The van der Waals surface area contributed by atoms with Crippen molar-refractivity contribution in [3.8, 4) is 0 Å². The second kappa shape index (κ2) is 3.74. The number of hydrogen-bond donors (Lipinski definition) is 2. The zero-order valence-electron chi connectivity index (χ0n) is 6.03. The molecule has 2 nitrogen and oxygen atoms in total. The Kier molecular flexibility index (Phi) is 2.90. The van der Waals surface area contributed by atoms with Gasteiger partial charge in [0.2, 0.25) is 0 Å². The first kappa shape index (κ1) is 7.76. The van der Waals surface area contributed by atoms with Crippen LogP contribution in [-0.4, -0.2) is 22.9 Å². The van der Waals surface area contributed by atoms with Gasteiger partial charge >= 0.3 is 0 Å². The fraction of sp³-hybridized carbons (Fsp3) is 0.750. The Morgan fingerprint density at radius 2 is 2.30 bits per heavy atom. The molecule has 2 atom stereocenters. The van der Waals surface area contributed by atoms with E-state index in [-0.39, 0.29) is 18.6 Å². The van der Waals surface area contributed by atoms with Crippen LogP contribution in [0.4, 0.5) is 0 Å². The zero-order chi connectivity index (χ0) is 7.40. The highest BCUT2D eigenvalue weighted by Gasteiger charge is 2.17. The summed E-state index contributed by atoms with van der Waals surface area (Å²) < 4.78 is 0. The minimum absolute atomic E-state index is 0.173. The van der Waals surface area contributed by atoms with Crippen LogP contribution in [0.3, 0.4) is 0 Å². The molecule has 10 heavy (non-hydrogen) atoms. The summed E-state index contributed by atoms with van der Waals surface area (Å²) in [5.41, 5.74) is 0. The van der Waals surface area contributed by atoms with Gasteiger partial charge < -0.3 is 10.2 Å². The summed E-state index contributed by atoms with van der Waals surface area (Å²) in [6.07, 6.45) is 6.37. The molecule has 0 aromatic rings. The monoisotopic (exact) mass is 142 g/mol. The molecule has 0 unspecified atom stereocenters. The number of allylic oxidation sites excluding steroid dienone is 1. The topological polar surface area (TPSA) is 40.5 Å². The lowest BCUT2D eigenvalue weighted by molar-refractivity contribution is 0.0999. The maximum atomic E-state index is 9.34. The molecule has 2 heteroatoms. The average molecular weight is 142 g/mol. The molecule has 0 bridgehead atoms. The van der Waals surface area contributed by atoms with Gasteiger partial charge in [-0.15, -0.1) is 0 Å². The zero-order valence-corrected chi connectivity index (χ0v) is 6.03. The third-order valence-electron chi connectivity index (χ3n) is 1.97. The van der Waals surface area contributed by atoms with E-state index in [4.69, 9.17) is 5.11 Å². The predicted molar refractivity (Wildman–Crippen MR) is 39.6 cm³/mol. The summed E-state index contributed by atoms with van der Waals surface area (Å²) in [6.45, 7) is 0.173. The van der Waals surface area contributed by atoms with Gasteiger partial charge in [-0.05, 0) is 19.3 Å². The maximum absolute atomic E-state index is 9.34. The van der Waals surface area contributed by atoms with Gasteiger partial charge in [0.15, 0.2) is 0 Å². The van der Waals surface area contributed by atoms with E-state index < -0.39 is 0 Å². The molecule has 0 saturated carbocycles. The lowest BCUT2D eigenvalue weighted by Gasteiger charge is -2.21. The number of hydrogen-bond acceptors (Lipinski definition) is 2. The number of aliphatic hydroxyl groups excluding tert-OH is 2. The van der Waals surface area contributed by atoms with E-state index >= 15 is 0 Å². The molecule has 0 heterocycles. The molecule has 0 saturated heterocycles. The summed E-state index contributed by atoms with van der Waals surface area (Å²) in [7, 11) is 0. The molecule has 1 rings (SSSR count). The lowest BCUT2D eigenvalue weighted by atomic mass is 9.90. The molecule has 0 aliphatic heterocycles. The molecule has 2 N–H and O–H groups in total. The van der Waals surface area contributed by atoms with Crippen LogP contribution in [0.15, 0.2) is 12.2 Å². The highest BCUT2D eigenvalue weighted by molar-refractivity contribution is 4.96. The normalized spacial score (nSPS) is 32.6. The van der Waals surface area contributed by atoms with Gasteiger partial charge in [0.1, 0.15) is 0 Å². The summed E-state index contributed by atoms with van der Waals surface area (Å²) >= 11 is 0. The van der Waals surface area contributed by atoms with Crippen LogP contribution >= 0.6 is 0 Å². The van der Waals surface area contributed by atoms with Gasteiger partial charge in [0.05, 0.1) is 6.10 Å². The Balaban J connectivity index is 2.39. The van der Waals surface area contributed by atoms with Crippen molar-refractivity contribution in [3.05, 3.63) is 12.2 Å². The third kappa shape index (κ3) is 1.82. The molecule has 0 aromatic heterocycles. The van der Waals surface area contributed by atoms with Crippen LogP contribution in [0.2, 0.25) is 0 Å². The average Bonchev–Trinajstić information content (AvgIpc) is 1.94. The first-order valence-electron chi connectivity index (χ1n) is 3.80.